The van der Waals surface area contributed by atoms with Crippen LogP contribution < -0.4 is 15.8 Å². The van der Waals surface area contributed by atoms with E-state index in [1.54, 1.807) is 12.3 Å². The van der Waals surface area contributed by atoms with E-state index in [0.29, 0.717) is 11.3 Å². The summed E-state index contributed by atoms with van der Waals surface area (Å²) in [5.41, 5.74) is 9.82. The molecule has 0 heterocycles. The van der Waals surface area contributed by atoms with Crippen LogP contribution in [0.25, 0.3) is 0 Å². The number of nitrogens with two attached hydrogens (primary N) is 1. The van der Waals surface area contributed by atoms with Gasteiger partial charge in [0.2, 0.25) is 5.91 Å². The molecule has 33 heavy (non-hydrogen) atoms. The highest BCUT2D eigenvalue weighted by Gasteiger charge is 2.19. The molecule has 182 valence electrons. The van der Waals surface area contributed by atoms with Crippen LogP contribution in [0.5, 0.6) is 5.75 Å². The highest BCUT2D eigenvalue weighted by Crippen LogP contribution is 2.24. The summed E-state index contributed by atoms with van der Waals surface area (Å²) in [5, 5.41) is 2.81. The Hall–Kier alpha value is -2.51. The van der Waals surface area contributed by atoms with Crippen LogP contribution in [0, 0.1) is 19.3 Å². The largest absolute Gasteiger partial charge is 0.430 e. The van der Waals surface area contributed by atoms with Gasteiger partial charge in [0.15, 0.2) is 0 Å². The Kier molecular flexibility index (Phi) is 11.5. The lowest BCUT2D eigenvalue weighted by Gasteiger charge is -2.16. The molecular weight excluding hydrogens is 432 g/mol. The van der Waals surface area contributed by atoms with Gasteiger partial charge < -0.3 is 20.7 Å². The van der Waals surface area contributed by atoms with Crippen molar-refractivity contribution < 1.29 is 9.53 Å². The number of amidine groups is 1. The maximum absolute atomic E-state index is 12.0. The minimum Gasteiger partial charge on any atom is -0.430 e. The number of ether oxygens (including phenoxy) is 1. The van der Waals surface area contributed by atoms with Gasteiger partial charge in [-0.1, -0.05) is 46.8 Å². The van der Waals surface area contributed by atoms with Crippen LogP contribution in [0.4, 0.5) is 0 Å². The van der Waals surface area contributed by atoms with Crippen molar-refractivity contribution in [3.63, 3.8) is 0 Å². The molecule has 0 saturated carbocycles. The van der Waals surface area contributed by atoms with Crippen molar-refractivity contribution in [1.29, 1.82) is 0 Å². The Morgan fingerprint density at radius 3 is 2.48 bits per heavy atom. The van der Waals surface area contributed by atoms with E-state index in [9.17, 15) is 4.79 Å². The predicted molar refractivity (Wildman–Crippen MR) is 143 cm³/mol. The van der Waals surface area contributed by atoms with Gasteiger partial charge in [0.25, 0.3) is 5.17 Å². The average molecular weight is 473 g/mol. The van der Waals surface area contributed by atoms with Gasteiger partial charge in [-0.25, -0.2) is 0 Å². The van der Waals surface area contributed by atoms with Crippen LogP contribution in [-0.4, -0.2) is 42.0 Å². The molecule has 0 unspecified atom stereocenters. The maximum Gasteiger partial charge on any atom is 0.290 e. The van der Waals surface area contributed by atoms with Crippen LogP contribution in [-0.2, 0) is 11.2 Å². The molecule has 1 amide bonds. The molecule has 0 fully saturated rings. The smallest absolute Gasteiger partial charge is 0.290 e. The number of rotatable bonds is 9. The zero-order valence-electron chi connectivity index (χ0n) is 21.4. The Labute approximate surface area is 205 Å². The maximum atomic E-state index is 12.0. The molecule has 0 aliphatic rings. The van der Waals surface area contributed by atoms with Crippen LogP contribution in [0.3, 0.4) is 0 Å². The highest BCUT2D eigenvalue weighted by atomic mass is 32.1. The number of hydrogen-bond donors (Lipinski definition) is 2. The van der Waals surface area contributed by atoms with Crippen LogP contribution in [0.15, 0.2) is 41.1 Å². The van der Waals surface area contributed by atoms with E-state index in [2.05, 4.69) is 42.2 Å². The number of hydrogen-bond acceptors (Lipinski definition) is 4. The Bertz CT molecular complexity index is 927. The average Bonchev–Trinajstić information content (AvgIpc) is 2.73. The van der Waals surface area contributed by atoms with Crippen LogP contribution in [0.1, 0.15) is 57.7 Å². The van der Waals surface area contributed by atoms with E-state index in [0.717, 1.165) is 37.1 Å². The molecule has 0 aliphatic carbocycles. The number of benzene rings is 1. The van der Waals surface area contributed by atoms with Crippen molar-refractivity contribution >= 4 is 29.1 Å². The number of nitrogens with one attached hydrogen (secondary N) is 1. The second-order valence-corrected chi connectivity index (χ2v) is 9.53. The molecule has 0 atom stereocenters. The van der Waals surface area contributed by atoms with E-state index >= 15 is 0 Å². The summed E-state index contributed by atoms with van der Waals surface area (Å²) >= 11 is 5.34. The molecule has 3 N–H and O–H groups in total. The Balaban J connectivity index is 2.92. The van der Waals surface area contributed by atoms with Crippen LogP contribution in [0.2, 0.25) is 0 Å². The Morgan fingerprint density at radius 2 is 1.91 bits per heavy atom. The van der Waals surface area contributed by atoms with Gasteiger partial charge in [0, 0.05) is 23.7 Å². The van der Waals surface area contributed by atoms with Gasteiger partial charge in [-0.15, -0.1) is 0 Å². The molecular formula is C26H40N4O2S. The molecule has 0 aromatic heterocycles. The van der Waals surface area contributed by atoms with Gasteiger partial charge in [-0.2, -0.15) is 4.99 Å². The summed E-state index contributed by atoms with van der Waals surface area (Å²) in [6, 6.07) is 4.15. The molecule has 6 nitrogen and oxygen atoms in total. The fourth-order valence-electron chi connectivity index (χ4n) is 2.88. The van der Waals surface area contributed by atoms with E-state index < -0.39 is 5.41 Å². The topological polar surface area (TPSA) is 80.0 Å². The second-order valence-electron chi connectivity index (χ2n) is 9.18. The fraction of sp³-hybridized carbons (Fsp3) is 0.500. The molecule has 0 spiro atoms. The normalized spacial score (nSPS) is 13.0. The first-order valence-electron chi connectivity index (χ1n) is 11.4. The summed E-state index contributed by atoms with van der Waals surface area (Å²) < 4.78 is 5.85. The van der Waals surface area contributed by atoms with Gasteiger partial charge in [0.05, 0.1) is 0 Å². The van der Waals surface area contributed by atoms with Crippen molar-refractivity contribution in [2.75, 3.05) is 20.1 Å². The molecule has 0 bridgehead atoms. The van der Waals surface area contributed by atoms with Gasteiger partial charge >= 0.3 is 0 Å². The summed E-state index contributed by atoms with van der Waals surface area (Å²) in [6.07, 6.45) is 6.94. The van der Waals surface area contributed by atoms with Crippen molar-refractivity contribution in [3.8, 4) is 5.75 Å². The third-order valence-electron chi connectivity index (χ3n) is 5.22. The molecule has 1 aromatic rings. The molecule has 7 heteroatoms. The van der Waals surface area contributed by atoms with Crippen molar-refractivity contribution in [1.82, 2.24) is 10.2 Å². The molecule has 0 aliphatic heterocycles. The quantitative estimate of drug-likeness (QED) is 0.233. The van der Waals surface area contributed by atoms with Crippen molar-refractivity contribution in [3.05, 3.63) is 52.7 Å². The molecule has 0 saturated heterocycles. The van der Waals surface area contributed by atoms with E-state index in [1.807, 2.05) is 46.8 Å². The minimum atomic E-state index is -0.481. The number of aryl methyl sites for hydroxylation is 2. The molecule has 1 aromatic carbocycles. The van der Waals surface area contributed by atoms with E-state index in [-0.39, 0.29) is 16.9 Å². The number of nitrogens with zero attached hydrogens (tertiary/aromatic N) is 2. The van der Waals surface area contributed by atoms with Gasteiger partial charge in [-0.3, -0.25) is 4.79 Å². The summed E-state index contributed by atoms with van der Waals surface area (Å²) in [7, 11) is 2.12. The number of carbonyl (C=O) groups is 1. The minimum absolute atomic E-state index is 0.0441. The van der Waals surface area contributed by atoms with Crippen LogP contribution >= 0.6 is 12.2 Å². The summed E-state index contributed by atoms with van der Waals surface area (Å²) in [4.78, 5) is 18.6. The first kappa shape index (κ1) is 28.5. The predicted octanol–water partition coefficient (Wildman–Crippen LogP) is 4.83. The number of aliphatic imine (C=N–C) groups is 1. The zero-order chi connectivity index (χ0) is 25.2. The summed E-state index contributed by atoms with van der Waals surface area (Å²) in [6.45, 7) is 15.8. The van der Waals surface area contributed by atoms with Crippen molar-refractivity contribution in [2.45, 2.75) is 61.3 Å². The number of carbonyl (C=O) groups excluding carboxylic acids is 1. The third kappa shape index (κ3) is 9.88. The molecule has 1 rings (SSSR count). The number of amides is 1. The third-order valence-corrected chi connectivity index (χ3v) is 5.40. The van der Waals surface area contributed by atoms with E-state index in [1.165, 1.54) is 5.56 Å². The number of allylic oxidation sites excluding steroid dienone is 1. The second kappa shape index (κ2) is 13.3. The monoisotopic (exact) mass is 472 g/mol. The summed E-state index contributed by atoms with van der Waals surface area (Å²) in [5.74, 6) is 0.826. The Morgan fingerprint density at radius 1 is 1.24 bits per heavy atom. The first-order chi connectivity index (χ1) is 15.4. The lowest BCUT2D eigenvalue weighted by atomic mass is 9.96. The SMILES string of the molecule is CC/C=C(/C=C\NC(=O)C(C)(C)C)C(\N)=N\C(=S)Oc1cc(C)c(CCN(C)CC)cc1C. The number of likely N-dealkylation sites (N-methyl/N-ethyl adjacent to an activating group) is 1. The zero-order valence-corrected chi connectivity index (χ0v) is 22.2. The van der Waals surface area contributed by atoms with Crippen molar-refractivity contribution in [2.24, 2.45) is 16.1 Å². The van der Waals surface area contributed by atoms with Gasteiger partial charge in [-0.05, 0) is 81.3 Å². The highest BCUT2D eigenvalue weighted by molar-refractivity contribution is 7.80. The lowest BCUT2D eigenvalue weighted by molar-refractivity contribution is -0.127. The standard InChI is InChI=1S/C26H40N4O2S/c1-9-11-20(12-14-28-24(31)26(5,6)7)23(27)29-25(33)32-22-17-18(3)21(16-19(22)4)13-15-30(8)10-2/h11-12,14,16-17H,9-10,13,15H2,1-8H3,(H,28,31)(H2,27,29,33)/b14-12-,20-11-. The fourth-order valence-corrected chi connectivity index (χ4v) is 3.07. The lowest BCUT2D eigenvalue weighted by Crippen LogP contribution is -2.31. The van der Waals surface area contributed by atoms with Gasteiger partial charge in [0.1, 0.15) is 11.6 Å². The van der Waals surface area contributed by atoms with E-state index in [4.69, 9.17) is 22.7 Å². The molecule has 0 radical (unpaired) electrons. The first-order valence-corrected chi connectivity index (χ1v) is 11.8. The number of thiocarbonyl (C=S) groups is 1.